The van der Waals surface area contributed by atoms with Gasteiger partial charge in [0, 0.05) is 31.0 Å². The van der Waals surface area contributed by atoms with Gasteiger partial charge in [-0.1, -0.05) is 0 Å². The number of hydrogen-bond acceptors (Lipinski definition) is 4. The molecular formula is C14H11N5S. The summed E-state index contributed by atoms with van der Waals surface area (Å²) in [6.07, 6.45) is 9.12. The minimum atomic E-state index is 0.962. The number of imidazole rings is 2. The quantitative estimate of drug-likeness (QED) is 0.567. The van der Waals surface area contributed by atoms with Gasteiger partial charge in [0.25, 0.3) is 0 Å². The Bertz CT molecular complexity index is 872. The van der Waals surface area contributed by atoms with E-state index in [1.165, 1.54) is 0 Å². The fourth-order valence-electron chi connectivity index (χ4n) is 2.25. The topological polar surface area (TPSA) is 48.5 Å². The molecule has 0 amide bonds. The molecule has 0 aromatic carbocycles. The fraction of sp³-hybridized carbons (Fsp3) is 0.0714. The highest BCUT2D eigenvalue weighted by atomic mass is 32.1. The first-order valence-electron chi connectivity index (χ1n) is 6.16. The molecule has 0 bridgehead atoms. The van der Waals surface area contributed by atoms with Crippen LogP contribution in [0.2, 0.25) is 0 Å². The van der Waals surface area contributed by atoms with Crippen molar-refractivity contribution in [3.05, 3.63) is 48.6 Å². The Hall–Kier alpha value is -2.47. The molecule has 4 aromatic rings. The van der Waals surface area contributed by atoms with E-state index in [0.29, 0.717) is 0 Å². The van der Waals surface area contributed by atoms with E-state index < -0.39 is 0 Å². The Labute approximate surface area is 119 Å². The van der Waals surface area contributed by atoms with E-state index in [9.17, 15) is 0 Å². The van der Waals surface area contributed by atoms with Crippen molar-refractivity contribution in [1.29, 1.82) is 0 Å². The number of aryl methyl sites for hydroxylation is 1. The van der Waals surface area contributed by atoms with Crippen molar-refractivity contribution in [3.8, 4) is 16.4 Å². The molecule has 4 rings (SSSR count). The van der Waals surface area contributed by atoms with Crippen molar-refractivity contribution in [2.75, 3.05) is 0 Å². The van der Waals surface area contributed by atoms with E-state index >= 15 is 0 Å². The second-order valence-corrected chi connectivity index (χ2v) is 5.41. The molecule has 4 aromatic heterocycles. The average Bonchev–Trinajstić information content (AvgIpc) is 3.17. The average molecular weight is 281 g/mol. The Morgan fingerprint density at radius 1 is 1.20 bits per heavy atom. The van der Waals surface area contributed by atoms with Crippen molar-refractivity contribution in [3.63, 3.8) is 0 Å². The Kier molecular flexibility index (Phi) is 2.43. The standard InChI is InChI=1S/C14H11N5S/c1-18-12-7-15-3-2-11(12)17-14(18)13-6-10(8-20-13)19-5-4-16-9-19/h2-9H,1H3. The molecular weight excluding hydrogens is 270 g/mol. The first kappa shape index (κ1) is 11.4. The molecule has 20 heavy (non-hydrogen) atoms. The van der Waals surface area contributed by atoms with Crippen molar-refractivity contribution >= 4 is 22.4 Å². The number of nitrogens with zero attached hydrogens (tertiary/aromatic N) is 5. The minimum absolute atomic E-state index is 0.962. The Balaban J connectivity index is 1.85. The summed E-state index contributed by atoms with van der Waals surface area (Å²) in [4.78, 5) is 14.0. The van der Waals surface area contributed by atoms with Gasteiger partial charge >= 0.3 is 0 Å². The number of aromatic nitrogens is 5. The van der Waals surface area contributed by atoms with Gasteiger partial charge in [0.15, 0.2) is 5.82 Å². The monoisotopic (exact) mass is 281 g/mol. The highest BCUT2D eigenvalue weighted by Gasteiger charge is 2.12. The lowest BCUT2D eigenvalue weighted by Crippen LogP contribution is -1.91. The van der Waals surface area contributed by atoms with Crippen molar-refractivity contribution in [2.24, 2.45) is 7.05 Å². The third-order valence-corrected chi connectivity index (χ3v) is 4.21. The summed E-state index contributed by atoms with van der Waals surface area (Å²) in [6.45, 7) is 0. The largest absolute Gasteiger partial charge is 0.325 e. The lowest BCUT2D eigenvalue weighted by molar-refractivity contribution is 0.959. The maximum Gasteiger partial charge on any atom is 0.151 e. The molecule has 98 valence electrons. The predicted octanol–water partition coefficient (Wildman–Crippen LogP) is 2.88. The van der Waals surface area contributed by atoms with E-state index in [1.807, 2.05) is 30.1 Å². The summed E-state index contributed by atoms with van der Waals surface area (Å²) in [5, 5.41) is 2.11. The summed E-state index contributed by atoms with van der Waals surface area (Å²) in [5.41, 5.74) is 3.11. The van der Waals surface area contributed by atoms with Gasteiger partial charge in [0.05, 0.1) is 34.1 Å². The first-order valence-corrected chi connectivity index (χ1v) is 7.04. The normalized spacial score (nSPS) is 11.2. The summed E-state index contributed by atoms with van der Waals surface area (Å²) in [6, 6.07) is 4.06. The molecule has 0 unspecified atom stereocenters. The molecule has 0 aliphatic heterocycles. The Morgan fingerprint density at radius 3 is 2.95 bits per heavy atom. The van der Waals surface area contributed by atoms with Crippen LogP contribution in [-0.4, -0.2) is 24.1 Å². The Morgan fingerprint density at radius 2 is 2.15 bits per heavy atom. The van der Waals surface area contributed by atoms with Gasteiger partial charge in [-0.25, -0.2) is 9.97 Å². The molecule has 0 aliphatic carbocycles. The third kappa shape index (κ3) is 1.65. The maximum absolute atomic E-state index is 4.69. The number of fused-ring (bicyclic) bond motifs is 1. The molecule has 0 fully saturated rings. The van der Waals surface area contributed by atoms with Gasteiger partial charge in [0.2, 0.25) is 0 Å². The number of thiophene rings is 1. The van der Waals surface area contributed by atoms with E-state index in [0.717, 1.165) is 27.4 Å². The molecule has 4 heterocycles. The second kappa shape index (κ2) is 4.28. The van der Waals surface area contributed by atoms with E-state index in [-0.39, 0.29) is 0 Å². The van der Waals surface area contributed by atoms with Crippen LogP contribution in [0.4, 0.5) is 0 Å². The van der Waals surface area contributed by atoms with Gasteiger partial charge in [-0.2, -0.15) is 0 Å². The molecule has 5 nitrogen and oxygen atoms in total. The minimum Gasteiger partial charge on any atom is -0.325 e. The summed E-state index contributed by atoms with van der Waals surface area (Å²) >= 11 is 1.68. The number of hydrogen-bond donors (Lipinski definition) is 0. The number of rotatable bonds is 2. The predicted molar refractivity (Wildman–Crippen MR) is 78.9 cm³/mol. The van der Waals surface area contributed by atoms with Crippen molar-refractivity contribution in [2.45, 2.75) is 0 Å². The summed E-state index contributed by atoms with van der Waals surface area (Å²) in [7, 11) is 2.02. The van der Waals surface area contributed by atoms with Crippen LogP contribution in [0.5, 0.6) is 0 Å². The second-order valence-electron chi connectivity index (χ2n) is 4.50. The molecule has 0 aliphatic rings. The van der Waals surface area contributed by atoms with Crippen molar-refractivity contribution < 1.29 is 0 Å². The van der Waals surface area contributed by atoms with E-state index in [4.69, 9.17) is 0 Å². The molecule has 0 N–H and O–H groups in total. The molecule has 0 saturated heterocycles. The fourth-order valence-corrected chi connectivity index (χ4v) is 3.16. The highest BCUT2D eigenvalue weighted by Crippen LogP contribution is 2.30. The van der Waals surface area contributed by atoms with Gasteiger partial charge in [-0.3, -0.25) is 4.98 Å². The zero-order chi connectivity index (χ0) is 13.5. The van der Waals surface area contributed by atoms with E-state index in [1.54, 1.807) is 30.1 Å². The van der Waals surface area contributed by atoms with Crippen LogP contribution in [0.15, 0.2) is 48.6 Å². The molecule has 0 radical (unpaired) electrons. The molecule has 0 spiro atoms. The van der Waals surface area contributed by atoms with Crippen LogP contribution < -0.4 is 0 Å². The lowest BCUT2D eigenvalue weighted by Gasteiger charge is -1.98. The van der Waals surface area contributed by atoms with E-state index in [2.05, 4.69) is 31.0 Å². The molecule has 6 heteroatoms. The van der Waals surface area contributed by atoms with Crippen LogP contribution in [0, 0.1) is 0 Å². The smallest absolute Gasteiger partial charge is 0.151 e. The lowest BCUT2D eigenvalue weighted by atomic mass is 10.4. The van der Waals surface area contributed by atoms with Gasteiger partial charge in [-0.15, -0.1) is 11.3 Å². The first-order chi connectivity index (χ1) is 9.83. The summed E-state index contributed by atoms with van der Waals surface area (Å²) < 4.78 is 4.07. The van der Waals surface area contributed by atoms with Crippen LogP contribution in [0.1, 0.15) is 0 Å². The van der Waals surface area contributed by atoms with Crippen LogP contribution in [0.3, 0.4) is 0 Å². The zero-order valence-corrected chi connectivity index (χ0v) is 11.6. The molecule has 0 atom stereocenters. The van der Waals surface area contributed by atoms with Gasteiger partial charge in [0.1, 0.15) is 0 Å². The summed E-state index contributed by atoms with van der Waals surface area (Å²) in [5.74, 6) is 0.962. The number of pyridine rings is 1. The van der Waals surface area contributed by atoms with Gasteiger partial charge < -0.3 is 9.13 Å². The molecule has 0 saturated carbocycles. The van der Waals surface area contributed by atoms with Crippen LogP contribution in [0.25, 0.3) is 27.4 Å². The van der Waals surface area contributed by atoms with Crippen LogP contribution in [-0.2, 0) is 7.05 Å². The third-order valence-electron chi connectivity index (χ3n) is 3.29. The van der Waals surface area contributed by atoms with Crippen LogP contribution >= 0.6 is 11.3 Å². The highest BCUT2D eigenvalue weighted by molar-refractivity contribution is 7.13. The SMILES string of the molecule is Cn1c(-c2cc(-n3ccnc3)cs2)nc2ccncc21. The van der Waals surface area contributed by atoms with Crippen molar-refractivity contribution in [1.82, 2.24) is 24.1 Å². The van der Waals surface area contributed by atoms with Gasteiger partial charge in [-0.05, 0) is 12.1 Å². The maximum atomic E-state index is 4.69. The zero-order valence-electron chi connectivity index (χ0n) is 10.8.